The molecule has 1 aliphatic heterocycles. The summed E-state index contributed by atoms with van der Waals surface area (Å²) in [6.45, 7) is 1.72. The molecule has 1 aliphatic rings. The molecule has 0 unspecified atom stereocenters. The van der Waals surface area contributed by atoms with Crippen LogP contribution < -0.4 is 9.47 Å². The van der Waals surface area contributed by atoms with Crippen LogP contribution in [0.1, 0.15) is 22.8 Å². The molecule has 32 heavy (non-hydrogen) atoms. The Labute approximate surface area is 188 Å². The van der Waals surface area contributed by atoms with Gasteiger partial charge in [0, 0.05) is 6.54 Å². The Morgan fingerprint density at radius 2 is 1.94 bits per heavy atom. The first-order valence-corrected chi connectivity index (χ1v) is 10.3. The van der Waals surface area contributed by atoms with E-state index in [-0.39, 0.29) is 17.2 Å². The van der Waals surface area contributed by atoms with Crippen molar-refractivity contribution in [3.8, 4) is 11.5 Å². The van der Waals surface area contributed by atoms with Crippen molar-refractivity contribution in [1.82, 2.24) is 4.90 Å². The maximum Gasteiger partial charge on any atom is 0.341 e. The Morgan fingerprint density at radius 3 is 2.59 bits per heavy atom. The normalized spacial score (nSPS) is 15.9. The molecule has 1 saturated heterocycles. The molecular formula is C22H20N2O7S. The van der Waals surface area contributed by atoms with Crippen molar-refractivity contribution in [3.63, 3.8) is 0 Å². The number of carboxylic acid groups (broad SMARTS) is 2. The van der Waals surface area contributed by atoms with Gasteiger partial charge < -0.3 is 19.7 Å². The third-order valence-electron chi connectivity index (χ3n) is 4.36. The van der Waals surface area contributed by atoms with E-state index in [4.69, 9.17) is 19.7 Å². The van der Waals surface area contributed by atoms with E-state index >= 15 is 0 Å². The van der Waals surface area contributed by atoms with Gasteiger partial charge in [-0.25, -0.2) is 14.6 Å². The second kappa shape index (κ2) is 10.0. The lowest BCUT2D eigenvalue weighted by Crippen LogP contribution is -2.28. The van der Waals surface area contributed by atoms with Gasteiger partial charge in [-0.2, -0.15) is 0 Å². The lowest BCUT2D eigenvalue weighted by molar-refractivity contribution is -0.139. The number of rotatable bonds is 8. The summed E-state index contributed by atoms with van der Waals surface area (Å²) in [4.78, 5) is 41.2. The molecule has 3 rings (SSSR count). The number of aliphatic carboxylic acids is 1. The van der Waals surface area contributed by atoms with Crippen LogP contribution in [-0.4, -0.2) is 58.4 Å². The Kier molecular flexibility index (Phi) is 7.16. The fraction of sp³-hybridized carbons (Fsp3) is 0.182. The molecule has 0 bridgehead atoms. The van der Waals surface area contributed by atoms with Crippen molar-refractivity contribution in [3.05, 3.63) is 58.5 Å². The lowest BCUT2D eigenvalue weighted by atomic mass is 10.2. The number of hydrogen-bond acceptors (Lipinski definition) is 7. The first-order chi connectivity index (χ1) is 15.3. The molecule has 0 atom stereocenters. The number of aromatic carboxylic acids is 1. The van der Waals surface area contributed by atoms with E-state index in [9.17, 15) is 14.4 Å². The molecule has 2 N–H and O–H groups in total. The van der Waals surface area contributed by atoms with Gasteiger partial charge in [0.15, 0.2) is 23.3 Å². The van der Waals surface area contributed by atoms with E-state index in [0.717, 1.165) is 0 Å². The van der Waals surface area contributed by atoms with E-state index in [2.05, 4.69) is 4.99 Å². The summed E-state index contributed by atoms with van der Waals surface area (Å²) < 4.78 is 10.5. The predicted molar refractivity (Wildman–Crippen MR) is 120 cm³/mol. The topological polar surface area (TPSA) is 126 Å². The monoisotopic (exact) mass is 456 g/mol. The molecule has 10 heteroatoms. The standard InChI is InChI=1S/C22H20N2O7S/c1-3-24-20(27)18(32-22(24)23-15-6-4-5-14(11-15)21(28)29)10-13-7-8-16(17(9-13)30-2)31-12-19(25)26/h4-11H,3,12H2,1-2H3,(H,25,26)(H,28,29)/b18-10-,23-22?. The summed E-state index contributed by atoms with van der Waals surface area (Å²) in [5.41, 5.74) is 1.20. The molecule has 0 aromatic heterocycles. The third-order valence-corrected chi connectivity index (χ3v) is 5.37. The van der Waals surface area contributed by atoms with Gasteiger partial charge in [0.05, 0.1) is 23.3 Å². The van der Waals surface area contributed by atoms with Gasteiger partial charge in [-0.1, -0.05) is 12.1 Å². The molecule has 0 radical (unpaired) electrons. The average Bonchev–Trinajstić information content (AvgIpc) is 3.06. The number of aliphatic imine (C=N–C) groups is 1. The van der Waals surface area contributed by atoms with Crippen LogP contribution in [0.4, 0.5) is 5.69 Å². The minimum atomic E-state index is -1.11. The predicted octanol–water partition coefficient (Wildman–Crippen LogP) is 3.48. The minimum Gasteiger partial charge on any atom is -0.493 e. The van der Waals surface area contributed by atoms with E-state index in [1.165, 1.54) is 35.9 Å². The molecule has 0 spiro atoms. The second-order valence-corrected chi connectivity index (χ2v) is 7.51. The number of carbonyl (C=O) groups excluding carboxylic acids is 1. The van der Waals surface area contributed by atoms with Gasteiger partial charge in [0.1, 0.15) is 0 Å². The number of likely N-dealkylation sites (N-methyl/N-ethyl adjacent to an activating group) is 1. The Hall–Kier alpha value is -3.79. The summed E-state index contributed by atoms with van der Waals surface area (Å²) in [6, 6.07) is 11.1. The van der Waals surface area contributed by atoms with Crippen LogP contribution in [0.2, 0.25) is 0 Å². The van der Waals surface area contributed by atoms with Crippen molar-refractivity contribution in [2.75, 3.05) is 20.3 Å². The lowest BCUT2D eigenvalue weighted by Gasteiger charge is -2.12. The van der Waals surface area contributed by atoms with Crippen molar-refractivity contribution < 1.29 is 34.1 Å². The molecule has 1 heterocycles. The van der Waals surface area contributed by atoms with Gasteiger partial charge in [-0.05, 0) is 60.7 Å². The highest BCUT2D eigenvalue weighted by atomic mass is 32.2. The second-order valence-electron chi connectivity index (χ2n) is 6.50. The molecule has 1 amide bonds. The van der Waals surface area contributed by atoms with Gasteiger partial charge in [0.25, 0.3) is 5.91 Å². The first-order valence-electron chi connectivity index (χ1n) is 9.48. The number of carboxylic acids is 2. The van der Waals surface area contributed by atoms with Crippen LogP contribution in [-0.2, 0) is 9.59 Å². The maximum absolute atomic E-state index is 12.9. The number of benzene rings is 2. The number of amides is 1. The van der Waals surface area contributed by atoms with Crippen LogP contribution in [0.5, 0.6) is 11.5 Å². The largest absolute Gasteiger partial charge is 0.493 e. The van der Waals surface area contributed by atoms with Crippen LogP contribution in [0.25, 0.3) is 6.08 Å². The summed E-state index contributed by atoms with van der Waals surface area (Å²) in [5.74, 6) is -1.77. The maximum atomic E-state index is 12.9. The molecule has 2 aromatic rings. The van der Waals surface area contributed by atoms with Crippen molar-refractivity contribution in [1.29, 1.82) is 0 Å². The average molecular weight is 456 g/mol. The van der Waals surface area contributed by atoms with Crippen molar-refractivity contribution in [2.24, 2.45) is 4.99 Å². The zero-order chi connectivity index (χ0) is 23.3. The molecule has 9 nitrogen and oxygen atoms in total. The number of ether oxygens (including phenoxy) is 2. The number of hydrogen-bond donors (Lipinski definition) is 2. The zero-order valence-electron chi connectivity index (χ0n) is 17.3. The van der Waals surface area contributed by atoms with E-state index in [1.807, 2.05) is 6.92 Å². The number of nitrogens with zero attached hydrogens (tertiary/aromatic N) is 2. The van der Waals surface area contributed by atoms with Crippen molar-refractivity contribution >= 4 is 46.5 Å². The summed E-state index contributed by atoms with van der Waals surface area (Å²) >= 11 is 1.18. The zero-order valence-corrected chi connectivity index (χ0v) is 18.1. The first kappa shape index (κ1) is 22.9. The van der Waals surface area contributed by atoms with Crippen LogP contribution in [0.3, 0.4) is 0 Å². The van der Waals surface area contributed by atoms with Gasteiger partial charge in [0.2, 0.25) is 0 Å². The number of carbonyl (C=O) groups is 3. The fourth-order valence-electron chi connectivity index (χ4n) is 2.87. The highest BCUT2D eigenvalue weighted by Crippen LogP contribution is 2.35. The summed E-state index contributed by atoms with van der Waals surface area (Å²) in [7, 11) is 1.43. The molecular weight excluding hydrogens is 436 g/mol. The molecule has 166 valence electrons. The molecule has 0 saturated carbocycles. The summed E-state index contributed by atoms with van der Waals surface area (Å²) in [6.07, 6.45) is 1.68. The van der Waals surface area contributed by atoms with Gasteiger partial charge in [-0.15, -0.1) is 0 Å². The Balaban J connectivity index is 1.89. The number of thioether (sulfide) groups is 1. The van der Waals surface area contributed by atoms with Crippen molar-refractivity contribution in [2.45, 2.75) is 6.92 Å². The number of methoxy groups -OCH3 is 1. The molecule has 0 aliphatic carbocycles. The number of amidine groups is 1. The highest BCUT2D eigenvalue weighted by Gasteiger charge is 2.32. The quantitative estimate of drug-likeness (QED) is 0.578. The minimum absolute atomic E-state index is 0.109. The van der Waals surface area contributed by atoms with E-state index in [1.54, 1.807) is 36.4 Å². The highest BCUT2D eigenvalue weighted by molar-refractivity contribution is 8.18. The fourth-order valence-corrected chi connectivity index (χ4v) is 3.94. The van der Waals surface area contributed by atoms with E-state index in [0.29, 0.717) is 33.6 Å². The Morgan fingerprint density at radius 1 is 1.16 bits per heavy atom. The van der Waals surface area contributed by atoms with Crippen LogP contribution in [0.15, 0.2) is 52.4 Å². The third kappa shape index (κ3) is 5.27. The Bertz CT molecular complexity index is 1130. The SMILES string of the molecule is CCN1C(=O)/C(=C/c2ccc(OCC(=O)O)c(OC)c2)SC1=Nc1cccc(C(=O)O)c1. The van der Waals surface area contributed by atoms with Crippen LogP contribution in [0, 0.1) is 0 Å². The van der Waals surface area contributed by atoms with Gasteiger partial charge in [-0.3, -0.25) is 9.69 Å². The van der Waals surface area contributed by atoms with E-state index < -0.39 is 18.5 Å². The molecule has 1 fully saturated rings. The smallest absolute Gasteiger partial charge is 0.341 e. The van der Waals surface area contributed by atoms with Gasteiger partial charge >= 0.3 is 11.9 Å². The molecule has 2 aromatic carbocycles. The van der Waals surface area contributed by atoms with Crippen LogP contribution >= 0.6 is 11.8 Å². The summed E-state index contributed by atoms with van der Waals surface area (Å²) in [5, 5.41) is 18.4.